The van der Waals surface area contributed by atoms with E-state index in [1.807, 2.05) is 29.6 Å². The van der Waals surface area contributed by atoms with Gasteiger partial charge in [-0.25, -0.2) is 0 Å². The lowest BCUT2D eigenvalue weighted by Crippen LogP contribution is -3.00. The minimum absolute atomic E-state index is 0. The fourth-order valence-corrected chi connectivity index (χ4v) is 8.73. The molecule has 0 saturated heterocycles. The first kappa shape index (κ1) is 21.4. The second-order valence-corrected chi connectivity index (χ2v) is 10.9. The highest BCUT2D eigenvalue weighted by Crippen LogP contribution is 2.59. The van der Waals surface area contributed by atoms with E-state index in [1.165, 1.54) is 27.3 Å². The number of nitro groups is 1. The Labute approximate surface area is 185 Å². The zero-order valence-electron chi connectivity index (χ0n) is 15.5. The van der Waals surface area contributed by atoms with Gasteiger partial charge in [0.1, 0.15) is 29.3 Å². The van der Waals surface area contributed by atoms with Crippen LogP contribution in [0.4, 0.5) is 5.00 Å². The van der Waals surface area contributed by atoms with Gasteiger partial charge in [0.25, 0.3) is 0 Å². The molecule has 3 nitrogen and oxygen atoms in total. The van der Waals surface area contributed by atoms with Gasteiger partial charge in [-0.2, -0.15) is 0 Å². The SMILES string of the molecule is O=[N+]([O-])c1sccc1C[P+](c1ccccc1)(c1ccccc1)c1ccccc1.[Br-]. The topological polar surface area (TPSA) is 43.1 Å². The normalized spacial score (nSPS) is 10.9. The Morgan fingerprint density at radius 3 is 1.52 bits per heavy atom. The Morgan fingerprint density at radius 2 is 1.14 bits per heavy atom. The van der Waals surface area contributed by atoms with Crippen LogP contribution in [0.15, 0.2) is 102 Å². The van der Waals surface area contributed by atoms with Crippen molar-refractivity contribution < 1.29 is 21.9 Å². The maximum atomic E-state index is 11.6. The molecule has 0 radical (unpaired) electrons. The van der Waals surface area contributed by atoms with Gasteiger partial charge in [0.05, 0.1) is 10.5 Å². The predicted molar refractivity (Wildman–Crippen MR) is 120 cm³/mol. The van der Waals surface area contributed by atoms with Gasteiger partial charge in [-0.3, -0.25) is 10.1 Å². The van der Waals surface area contributed by atoms with Crippen LogP contribution >= 0.6 is 18.6 Å². The summed E-state index contributed by atoms with van der Waals surface area (Å²) < 4.78 is 0. The second kappa shape index (κ2) is 9.45. The standard InChI is InChI=1S/C23H19NO2PS.BrH/c25-24(26)23-19(16-17-28-23)18-27(20-10-4-1-5-11-20,21-12-6-2-7-13-21)22-14-8-3-9-15-22;/h1-17H,18H2;1H/q+1;/p-1. The molecule has 0 bridgehead atoms. The molecule has 1 heterocycles. The minimum atomic E-state index is -2.11. The summed E-state index contributed by atoms with van der Waals surface area (Å²) in [6.45, 7) is 0. The molecule has 0 fully saturated rings. The van der Waals surface area contributed by atoms with E-state index in [2.05, 4.69) is 72.8 Å². The molecule has 0 atom stereocenters. The van der Waals surface area contributed by atoms with Crippen LogP contribution in [0.3, 0.4) is 0 Å². The molecule has 0 saturated carbocycles. The van der Waals surface area contributed by atoms with E-state index < -0.39 is 7.26 Å². The smallest absolute Gasteiger partial charge is 0.330 e. The molecule has 3 aromatic carbocycles. The highest BCUT2D eigenvalue weighted by Gasteiger charge is 2.46. The van der Waals surface area contributed by atoms with E-state index in [0.717, 1.165) is 5.56 Å². The van der Waals surface area contributed by atoms with Gasteiger partial charge in [0.2, 0.25) is 0 Å². The number of hydrogen-bond donors (Lipinski definition) is 0. The van der Waals surface area contributed by atoms with E-state index in [1.54, 1.807) is 0 Å². The number of nitrogens with zero attached hydrogens (tertiary/aromatic N) is 1. The lowest BCUT2D eigenvalue weighted by atomic mass is 10.3. The zero-order chi connectivity index (χ0) is 19.4. The molecular formula is C23H19BrNO2PS. The second-order valence-electron chi connectivity index (χ2n) is 6.48. The lowest BCUT2D eigenvalue weighted by molar-refractivity contribution is -0.380. The van der Waals surface area contributed by atoms with Crippen LogP contribution in [0.1, 0.15) is 5.56 Å². The zero-order valence-corrected chi connectivity index (χ0v) is 18.8. The summed E-state index contributed by atoms with van der Waals surface area (Å²) in [5, 5.41) is 17.4. The van der Waals surface area contributed by atoms with Gasteiger partial charge in [-0.1, -0.05) is 65.9 Å². The van der Waals surface area contributed by atoms with Crippen LogP contribution in [0.25, 0.3) is 0 Å². The van der Waals surface area contributed by atoms with Crippen molar-refractivity contribution in [2.24, 2.45) is 0 Å². The summed E-state index contributed by atoms with van der Waals surface area (Å²) in [6.07, 6.45) is 0.630. The van der Waals surface area contributed by atoms with Gasteiger partial charge >= 0.3 is 5.00 Å². The highest BCUT2D eigenvalue weighted by molar-refractivity contribution is 7.95. The largest absolute Gasteiger partial charge is 1.00 e. The first-order valence-electron chi connectivity index (χ1n) is 8.97. The minimum Gasteiger partial charge on any atom is -1.00 e. The van der Waals surface area contributed by atoms with E-state index in [4.69, 9.17) is 0 Å². The molecule has 0 aliphatic heterocycles. The third-order valence-electron chi connectivity index (χ3n) is 4.89. The lowest BCUT2D eigenvalue weighted by Gasteiger charge is -2.27. The summed E-state index contributed by atoms with van der Waals surface area (Å²) in [6, 6.07) is 33.2. The van der Waals surface area contributed by atoms with Crippen molar-refractivity contribution in [1.82, 2.24) is 0 Å². The molecule has 0 aliphatic carbocycles. The van der Waals surface area contributed by atoms with E-state index in [9.17, 15) is 10.1 Å². The Hall–Kier alpha value is -2.33. The summed E-state index contributed by atoms with van der Waals surface area (Å²) >= 11 is 1.20. The van der Waals surface area contributed by atoms with Gasteiger partial charge < -0.3 is 17.0 Å². The molecule has 4 aromatic rings. The third-order valence-corrected chi connectivity index (χ3v) is 10.1. The first-order chi connectivity index (χ1) is 13.7. The van der Waals surface area contributed by atoms with Crippen molar-refractivity contribution in [2.45, 2.75) is 6.16 Å². The molecule has 0 aliphatic rings. The number of halogens is 1. The van der Waals surface area contributed by atoms with Crippen LogP contribution in [-0.2, 0) is 6.16 Å². The van der Waals surface area contributed by atoms with Crippen LogP contribution in [0.2, 0.25) is 0 Å². The van der Waals surface area contributed by atoms with Gasteiger partial charge in [-0.05, 0) is 47.8 Å². The summed E-state index contributed by atoms with van der Waals surface area (Å²) in [7, 11) is -2.11. The molecule has 1 aromatic heterocycles. The van der Waals surface area contributed by atoms with Crippen molar-refractivity contribution in [3.05, 3.63) is 118 Å². The maximum Gasteiger partial charge on any atom is 0.330 e. The van der Waals surface area contributed by atoms with Gasteiger partial charge in [0.15, 0.2) is 0 Å². The summed E-state index contributed by atoms with van der Waals surface area (Å²) in [4.78, 5) is 11.4. The summed E-state index contributed by atoms with van der Waals surface area (Å²) in [5.41, 5.74) is 0.805. The van der Waals surface area contributed by atoms with E-state index >= 15 is 0 Å². The average Bonchev–Trinajstić information content (AvgIpc) is 3.22. The number of thiophene rings is 1. The van der Waals surface area contributed by atoms with Crippen molar-refractivity contribution in [1.29, 1.82) is 0 Å². The number of benzene rings is 3. The van der Waals surface area contributed by atoms with E-state index in [0.29, 0.717) is 6.16 Å². The molecule has 0 spiro atoms. The monoisotopic (exact) mass is 483 g/mol. The van der Waals surface area contributed by atoms with Crippen LogP contribution in [0, 0.1) is 10.1 Å². The molecule has 0 amide bonds. The maximum absolute atomic E-state index is 11.6. The summed E-state index contributed by atoms with van der Waals surface area (Å²) in [5.74, 6) is 0. The quantitative estimate of drug-likeness (QED) is 0.239. The Morgan fingerprint density at radius 1 is 0.724 bits per heavy atom. The van der Waals surface area contributed by atoms with Crippen LogP contribution < -0.4 is 32.9 Å². The molecule has 6 heteroatoms. The van der Waals surface area contributed by atoms with Crippen molar-refractivity contribution in [2.75, 3.05) is 0 Å². The third kappa shape index (κ3) is 4.18. The Balaban J connectivity index is 0.00000240. The molecule has 146 valence electrons. The molecule has 29 heavy (non-hydrogen) atoms. The van der Waals surface area contributed by atoms with E-state index in [-0.39, 0.29) is 26.9 Å². The van der Waals surface area contributed by atoms with Crippen LogP contribution in [-0.4, -0.2) is 4.92 Å². The van der Waals surface area contributed by atoms with Crippen LogP contribution in [0.5, 0.6) is 0 Å². The molecule has 0 unspecified atom stereocenters. The first-order valence-corrected chi connectivity index (χ1v) is 11.8. The number of rotatable bonds is 6. The Bertz CT molecular complexity index is 975. The fraction of sp³-hybridized carbons (Fsp3) is 0.0435. The van der Waals surface area contributed by atoms with Crippen molar-refractivity contribution in [3.63, 3.8) is 0 Å². The van der Waals surface area contributed by atoms with Crippen molar-refractivity contribution >= 4 is 39.5 Å². The predicted octanol–water partition coefficient (Wildman–Crippen LogP) is 2.15. The average molecular weight is 484 g/mol. The van der Waals surface area contributed by atoms with Gasteiger partial charge in [0, 0.05) is 0 Å². The van der Waals surface area contributed by atoms with Crippen molar-refractivity contribution in [3.8, 4) is 0 Å². The highest BCUT2D eigenvalue weighted by atomic mass is 79.9. The number of hydrogen-bond acceptors (Lipinski definition) is 3. The molecule has 4 rings (SSSR count). The Kier molecular flexibility index (Phi) is 6.96. The van der Waals surface area contributed by atoms with Gasteiger partial charge in [-0.15, -0.1) is 0 Å². The fourth-order valence-electron chi connectivity index (χ4n) is 3.63. The molecular weight excluding hydrogens is 465 g/mol. The molecule has 0 N–H and O–H groups in total.